The first-order chi connectivity index (χ1) is 13.0. The number of hydrogen-bond donors (Lipinski definition) is 0. The van der Waals surface area contributed by atoms with Crippen molar-refractivity contribution in [2.24, 2.45) is 0 Å². The zero-order chi connectivity index (χ0) is 19.4. The lowest BCUT2D eigenvalue weighted by atomic mass is 10.2. The molecule has 3 rings (SSSR count). The number of nitro groups is 1. The number of non-ortho nitro benzene ring substituents is 1. The molecule has 0 spiro atoms. The number of para-hydroxylation sites is 1. The van der Waals surface area contributed by atoms with Gasteiger partial charge in [-0.15, -0.1) is 0 Å². The normalized spacial score (nSPS) is 10.7. The predicted octanol–water partition coefficient (Wildman–Crippen LogP) is 2.95. The largest absolute Gasteiger partial charge is 0.465 e. The summed E-state index contributed by atoms with van der Waals surface area (Å²) in [7, 11) is 0. The molecule has 2 aromatic carbocycles. The molecule has 9 heteroatoms. The van der Waals surface area contributed by atoms with E-state index in [0.717, 1.165) is 11.8 Å². The van der Waals surface area contributed by atoms with Crippen molar-refractivity contribution in [3.8, 4) is 5.69 Å². The highest BCUT2D eigenvalue weighted by molar-refractivity contribution is 7.99. The lowest BCUT2D eigenvalue weighted by molar-refractivity contribution is -0.384. The van der Waals surface area contributed by atoms with Gasteiger partial charge in [0, 0.05) is 12.1 Å². The van der Waals surface area contributed by atoms with Crippen LogP contribution in [-0.4, -0.2) is 32.8 Å². The van der Waals surface area contributed by atoms with Crippen molar-refractivity contribution in [3.63, 3.8) is 0 Å². The minimum atomic E-state index is -0.560. The van der Waals surface area contributed by atoms with E-state index in [-0.39, 0.29) is 23.4 Å². The maximum Gasteiger partial charge on any atom is 0.316 e. The topological polar surface area (TPSA) is 104 Å². The number of nitrogens with zero attached hydrogens (tertiary/aromatic N) is 3. The quantitative estimate of drug-likeness (QED) is 0.211. The molecule has 0 fully saturated rings. The number of aromatic nitrogens is 2. The van der Waals surface area contributed by atoms with Crippen LogP contribution in [0.25, 0.3) is 16.6 Å². The number of rotatable bonds is 6. The molecule has 0 unspecified atom stereocenters. The van der Waals surface area contributed by atoms with Crippen molar-refractivity contribution in [1.29, 1.82) is 0 Å². The minimum Gasteiger partial charge on any atom is -0.465 e. The van der Waals surface area contributed by atoms with Gasteiger partial charge in [-0.1, -0.05) is 30.0 Å². The van der Waals surface area contributed by atoms with Gasteiger partial charge in [-0.25, -0.2) is 4.98 Å². The smallest absolute Gasteiger partial charge is 0.316 e. The molecular formula is C18H15N3O5S. The van der Waals surface area contributed by atoms with Gasteiger partial charge in [0.25, 0.3) is 11.2 Å². The van der Waals surface area contributed by atoms with Crippen molar-refractivity contribution in [1.82, 2.24) is 9.55 Å². The van der Waals surface area contributed by atoms with Crippen molar-refractivity contribution in [3.05, 3.63) is 69.0 Å². The first-order valence-corrected chi connectivity index (χ1v) is 9.05. The van der Waals surface area contributed by atoms with Crippen LogP contribution in [0, 0.1) is 10.1 Å². The van der Waals surface area contributed by atoms with Crippen LogP contribution in [0.2, 0.25) is 0 Å². The molecule has 138 valence electrons. The second-order valence-electron chi connectivity index (χ2n) is 5.42. The maximum atomic E-state index is 13.1. The number of hydrogen-bond acceptors (Lipinski definition) is 7. The van der Waals surface area contributed by atoms with Crippen LogP contribution in [0.15, 0.2) is 58.5 Å². The molecular weight excluding hydrogens is 370 g/mol. The molecule has 27 heavy (non-hydrogen) atoms. The molecule has 0 bridgehead atoms. The summed E-state index contributed by atoms with van der Waals surface area (Å²) in [6.07, 6.45) is 0. The monoisotopic (exact) mass is 385 g/mol. The van der Waals surface area contributed by atoms with Gasteiger partial charge < -0.3 is 4.74 Å². The second-order valence-corrected chi connectivity index (χ2v) is 6.37. The molecule has 3 aromatic rings. The van der Waals surface area contributed by atoms with Crippen molar-refractivity contribution >= 4 is 34.3 Å². The SMILES string of the molecule is CCOC(=O)CSc1nc2ccc([N+](=O)[O-])cc2c(=O)n1-c1ccccc1. The fourth-order valence-corrected chi connectivity index (χ4v) is 3.31. The number of fused-ring (bicyclic) bond motifs is 1. The van der Waals surface area contributed by atoms with Gasteiger partial charge in [0.15, 0.2) is 5.16 Å². The summed E-state index contributed by atoms with van der Waals surface area (Å²) < 4.78 is 6.26. The Balaban J connectivity index is 2.17. The fraction of sp³-hybridized carbons (Fsp3) is 0.167. The molecule has 0 amide bonds. The van der Waals surface area contributed by atoms with Gasteiger partial charge in [0.1, 0.15) is 0 Å². The van der Waals surface area contributed by atoms with E-state index in [1.807, 2.05) is 0 Å². The molecule has 0 radical (unpaired) electrons. The van der Waals surface area contributed by atoms with Gasteiger partial charge in [-0.2, -0.15) is 0 Å². The van der Waals surface area contributed by atoms with E-state index in [1.165, 1.54) is 22.8 Å². The molecule has 0 atom stereocenters. The van der Waals surface area contributed by atoms with Crippen LogP contribution in [-0.2, 0) is 9.53 Å². The molecule has 0 saturated carbocycles. The molecule has 0 aliphatic carbocycles. The number of esters is 1. The summed E-state index contributed by atoms with van der Waals surface area (Å²) in [4.78, 5) is 39.7. The third kappa shape index (κ3) is 3.98. The predicted molar refractivity (Wildman–Crippen MR) is 101 cm³/mol. The third-order valence-corrected chi connectivity index (χ3v) is 4.58. The van der Waals surface area contributed by atoms with Crippen molar-refractivity contribution in [2.75, 3.05) is 12.4 Å². The van der Waals surface area contributed by atoms with Crippen molar-refractivity contribution in [2.45, 2.75) is 12.1 Å². The Bertz CT molecular complexity index is 1070. The first kappa shape index (κ1) is 18.6. The summed E-state index contributed by atoms with van der Waals surface area (Å²) in [5.74, 6) is -0.425. The highest BCUT2D eigenvalue weighted by Crippen LogP contribution is 2.23. The fourth-order valence-electron chi connectivity index (χ4n) is 2.49. The highest BCUT2D eigenvalue weighted by atomic mass is 32.2. The van der Waals surface area contributed by atoms with Crippen LogP contribution < -0.4 is 5.56 Å². The Morgan fingerprint density at radius 3 is 2.67 bits per heavy atom. The van der Waals surface area contributed by atoms with E-state index in [1.54, 1.807) is 37.3 Å². The van der Waals surface area contributed by atoms with Crippen LogP contribution in [0.5, 0.6) is 0 Å². The van der Waals surface area contributed by atoms with E-state index in [4.69, 9.17) is 4.74 Å². The Morgan fingerprint density at radius 1 is 1.26 bits per heavy atom. The summed E-state index contributed by atoms with van der Waals surface area (Å²) in [5.41, 5.74) is 0.244. The van der Waals surface area contributed by atoms with Gasteiger partial charge in [-0.05, 0) is 25.1 Å². The van der Waals surface area contributed by atoms with Crippen LogP contribution >= 0.6 is 11.8 Å². The molecule has 8 nitrogen and oxygen atoms in total. The summed E-state index contributed by atoms with van der Waals surface area (Å²) in [5, 5.41) is 11.5. The Morgan fingerprint density at radius 2 is 2.00 bits per heavy atom. The number of ether oxygens (including phenoxy) is 1. The Kier molecular flexibility index (Phi) is 5.51. The molecule has 0 aliphatic heterocycles. The van der Waals surface area contributed by atoms with Crippen LogP contribution in [0.4, 0.5) is 5.69 Å². The van der Waals surface area contributed by atoms with Crippen LogP contribution in [0.1, 0.15) is 6.92 Å². The Hall–Kier alpha value is -3.20. The molecule has 1 aromatic heterocycles. The summed E-state index contributed by atoms with van der Waals surface area (Å²) >= 11 is 1.07. The average molecular weight is 385 g/mol. The van der Waals surface area contributed by atoms with Gasteiger partial charge in [-0.3, -0.25) is 24.3 Å². The Labute approximate surface area is 157 Å². The second kappa shape index (κ2) is 8.00. The molecule has 0 aliphatic rings. The van der Waals surface area contributed by atoms with Crippen LogP contribution in [0.3, 0.4) is 0 Å². The average Bonchev–Trinajstić information content (AvgIpc) is 2.67. The number of thioether (sulfide) groups is 1. The van der Waals surface area contributed by atoms with E-state index in [2.05, 4.69) is 4.98 Å². The molecule has 1 heterocycles. The zero-order valence-corrected chi connectivity index (χ0v) is 15.1. The van der Waals surface area contributed by atoms with Gasteiger partial charge >= 0.3 is 5.97 Å². The molecule has 0 saturated heterocycles. The van der Waals surface area contributed by atoms with E-state index in [9.17, 15) is 19.7 Å². The number of nitro benzene ring substituents is 1. The zero-order valence-electron chi connectivity index (χ0n) is 14.3. The van der Waals surface area contributed by atoms with E-state index >= 15 is 0 Å². The maximum absolute atomic E-state index is 13.1. The third-order valence-electron chi connectivity index (χ3n) is 3.67. The summed E-state index contributed by atoms with van der Waals surface area (Å²) in [6.45, 7) is 1.98. The lowest BCUT2D eigenvalue weighted by Gasteiger charge is -2.13. The van der Waals surface area contributed by atoms with E-state index in [0.29, 0.717) is 16.4 Å². The number of benzene rings is 2. The standard InChI is InChI=1S/C18H15N3O5S/c1-2-26-16(22)11-27-18-19-15-9-8-13(21(24)25)10-14(15)17(23)20(18)12-6-4-3-5-7-12/h3-10H,2,11H2,1H3. The lowest BCUT2D eigenvalue weighted by Crippen LogP contribution is -2.22. The minimum absolute atomic E-state index is 0.00833. The number of carbonyl (C=O) groups is 1. The number of carbonyl (C=O) groups excluding carboxylic acids is 1. The first-order valence-electron chi connectivity index (χ1n) is 8.06. The van der Waals surface area contributed by atoms with Gasteiger partial charge in [0.2, 0.25) is 0 Å². The molecule has 0 N–H and O–H groups in total. The van der Waals surface area contributed by atoms with Crippen molar-refractivity contribution < 1.29 is 14.5 Å². The van der Waals surface area contributed by atoms with Gasteiger partial charge in [0.05, 0.1) is 33.9 Å². The van der Waals surface area contributed by atoms with E-state index < -0.39 is 16.5 Å². The highest BCUT2D eigenvalue weighted by Gasteiger charge is 2.17. The summed E-state index contributed by atoms with van der Waals surface area (Å²) in [6, 6.07) is 12.7.